The van der Waals surface area contributed by atoms with E-state index in [4.69, 9.17) is 19.2 Å². The Labute approximate surface area is 329 Å². The number of halogens is 3. The van der Waals surface area contributed by atoms with Crippen LogP contribution >= 0.6 is 0 Å². The smallest absolute Gasteiger partial charge is 0.407 e. The first-order chi connectivity index (χ1) is 27.6. The standard InChI is InChI=1S/C41H49F3N6O7/c1-26(21-46-41(54)57-18-17-56-16-13-50-36(51)9-10-37(50)52)47-40(53)32(19-29-22-45-23-34(29)44)38(28-11-14-55-15-12-28)39-48-35(31-20-30(42)7-8-33(31)43)25-49(39)24-27-5-3-2-4-6-27/h2-10,20,25-26,28-29,32,34,38,45H,11-19,21-24H2,1H3,(H,46,54)(H,47,53)/t26-,29+,32?,34-,38?/m0/s1. The summed E-state index contributed by atoms with van der Waals surface area (Å²) in [5, 5.41) is 8.77. The van der Waals surface area contributed by atoms with Crippen LogP contribution in [-0.2, 0) is 35.1 Å². The number of carbonyl (C=O) groups is 4. The van der Waals surface area contributed by atoms with Gasteiger partial charge in [0, 0.05) is 87.1 Å². The molecule has 5 atom stereocenters. The first-order valence-corrected chi connectivity index (χ1v) is 19.4. The molecule has 13 nitrogen and oxygen atoms in total. The molecule has 0 saturated carbocycles. The summed E-state index contributed by atoms with van der Waals surface area (Å²) in [5.41, 5.74) is 1.14. The number of ether oxygens (including phenoxy) is 3. The van der Waals surface area contributed by atoms with Gasteiger partial charge in [0.15, 0.2) is 0 Å². The lowest BCUT2D eigenvalue weighted by atomic mass is 9.73. The van der Waals surface area contributed by atoms with Gasteiger partial charge in [0.25, 0.3) is 11.8 Å². The number of rotatable bonds is 18. The molecule has 3 aliphatic heterocycles. The Morgan fingerprint density at radius 2 is 1.77 bits per heavy atom. The number of alkyl carbamates (subject to hydrolysis) is 1. The normalized spacial score (nSPS) is 20.1. The van der Waals surface area contributed by atoms with Crippen LogP contribution in [0.1, 0.15) is 43.5 Å². The quantitative estimate of drug-likeness (QED) is 0.128. The lowest BCUT2D eigenvalue weighted by molar-refractivity contribution is -0.137. The Balaban J connectivity index is 1.18. The molecule has 306 valence electrons. The highest BCUT2D eigenvalue weighted by atomic mass is 19.1. The predicted octanol–water partition coefficient (Wildman–Crippen LogP) is 4.12. The average Bonchev–Trinajstić information content (AvgIpc) is 3.91. The van der Waals surface area contributed by atoms with Crippen molar-refractivity contribution in [3.8, 4) is 11.3 Å². The lowest BCUT2D eigenvalue weighted by Crippen LogP contribution is -2.47. The molecule has 0 radical (unpaired) electrons. The minimum atomic E-state index is -1.17. The van der Waals surface area contributed by atoms with Crippen molar-refractivity contribution in [1.82, 2.24) is 30.4 Å². The van der Waals surface area contributed by atoms with Crippen LogP contribution in [-0.4, -0.2) is 110 Å². The lowest BCUT2D eigenvalue weighted by Gasteiger charge is -2.37. The maximum Gasteiger partial charge on any atom is 0.407 e. The van der Waals surface area contributed by atoms with E-state index in [2.05, 4.69) is 16.0 Å². The third-order valence-corrected chi connectivity index (χ3v) is 10.6. The van der Waals surface area contributed by atoms with E-state index in [1.807, 2.05) is 34.9 Å². The summed E-state index contributed by atoms with van der Waals surface area (Å²) in [6, 6.07) is 12.3. The number of nitrogens with one attached hydrogen (secondary N) is 3. The predicted molar refractivity (Wildman–Crippen MR) is 202 cm³/mol. The summed E-state index contributed by atoms with van der Waals surface area (Å²) >= 11 is 0. The monoisotopic (exact) mass is 794 g/mol. The Morgan fingerprint density at radius 3 is 2.49 bits per heavy atom. The zero-order valence-corrected chi connectivity index (χ0v) is 31.8. The second kappa shape index (κ2) is 19.9. The summed E-state index contributed by atoms with van der Waals surface area (Å²) in [5.74, 6) is -3.82. The van der Waals surface area contributed by atoms with Gasteiger partial charge in [-0.05, 0) is 55.9 Å². The van der Waals surface area contributed by atoms with Gasteiger partial charge in [-0.15, -0.1) is 0 Å². The van der Waals surface area contributed by atoms with E-state index in [0.29, 0.717) is 45.0 Å². The van der Waals surface area contributed by atoms with Gasteiger partial charge in [0.2, 0.25) is 5.91 Å². The van der Waals surface area contributed by atoms with Crippen molar-refractivity contribution in [2.75, 3.05) is 59.2 Å². The molecule has 4 heterocycles. The summed E-state index contributed by atoms with van der Waals surface area (Å²) in [6.07, 6.45) is 3.57. The van der Waals surface area contributed by atoms with E-state index in [9.17, 15) is 23.6 Å². The Bertz CT molecular complexity index is 1870. The maximum atomic E-state index is 15.3. The molecule has 4 amide bonds. The molecule has 16 heteroatoms. The molecular formula is C41H49F3N6O7. The van der Waals surface area contributed by atoms with Crippen molar-refractivity contribution in [2.45, 2.75) is 50.9 Å². The van der Waals surface area contributed by atoms with Gasteiger partial charge in [0.1, 0.15) is 30.2 Å². The minimum absolute atomic E-state index is 0.00985. The molecule has 6 rings (SSSR count). The van der Waals surface area contributed by atoms with Crippen LogP contribution in [0.4, 0.5) is 18.0 Å². The van der Waals surface area contributed by atoms with Crippen LogP contribution in [0, 0.1) is 29.4 Å². The van der Waals surface area contributed by atoms with Crippen LogP contribution in [0.5, 0.6) is 0 Å². The molecule has 2 unspecified atom stereocenters. The van der Waals surface area contributed by atoms with Crippen molar-refractivity contribution in [2.24, 2.45) is 17.8 Å². The molecule has 1 aromatic heterocycles. The van der Waals surface area contributed by atoms with Crippen molar-refractivity contribution < 1.29 is 46.6 Å². The van der Waals surface area contributed by atoms with E-state index >= 15 is 8.78 Å². The van der Waals surface area contributed by atoms with Gasteiger partial charge < -0.3 is 34.7 Å². The Hall–Kier alpha value is -5.06. The first-order valence-electron chi connectivity index (χ1n) is 19.4. The maximum absolute atomic E-state index is 15.3. The zero-order chi connectivity index (χ0) is 40.3. The highest BCUT2D eigenvalue weighted by Crippen LogP contribution is 2.42. The number of imide groups is 1. The largest absolute Gasteiger partial charge is 0.447 e. The molecule has 0 bridgehead atoms. The fourth-order valence-corrected chi connectivity index (χ4v) is 7.69. The van der Waals surface area contributed by atoms with Gasteiger partial charge in [-0.25, -0.2) is 22.9 Å². The van der Waals surface area contributed by atoms with E-state index in [0.717, 1.165) is 28.7 Å². The number of aromatic nitrogens is 2. The molecule has 3 N–H and O–H groups in total. The number of hydrogen-bond donors (Lipinski definition) is 3. The first kappa shape index (κ1) is 41.6. The van der Waals surface area contributed by atoms with Gasteiger partial charge in [-0.3, -0.25) is 19.3 Å². The third kappa shape index (κ3) is 11.1. The fourth-order valence-electron chi connectivity index (χ4n) is 7.69. The molecule has 2 fully saturated rings. The minimum Gasteiger partial charge on any atom is -0.447 e. The number of imidazole rings is 1. The van der Waals surface area contributed by atoms with E-state index in [1.54, 1.807) is 13.1 Å². The third-order valence-electron chi connectivity index (χ3n) is 10.6. The highest BCUT2D eigenvalue weighted by Gasteiger charge is 2.43. The molecule has 0 spiro atoms. The van der Waals surface area contributed by atoms with Gasteiger partial charge in [-0.2, -0.15) is 0 Å². The summed E-state index contributed by atoms with van der Waals surface area (Å²) in [4.78, 5) is 56.3. The van der Waals surface area contributed by atoms with Crippen molar-refractivity contribution >= 4 is 23.8 Å². The zero-order valence-electron chi connectivity index (χ0n) is 31.8. The Morgan fingerprint density at radius 1 is 1.02 bits per heavy atom. The molecule has 57 heavy (non-hydrogen) atoms. The number of hydrogen-bond acceptors (Lipinski definition) is 9. The van der Waals surface area contributed by atoms with Crippen LogP contribution in [0.2, 0.25) is 0 Å². The van der Waals surface area contributed by atoms with Gasteiger partial charge >= 0.3 is 6.09 Å². The molecule has 0 aliphatic carbocycles. The van der Waals surface area contributed by atoms with Gasteiger partial charge in [0.05, 0.1) is 25.5 Å². The molecule has 2 saturated heterocycles. The van der Waals surface area contributed by atoms with E-state index < -0.39 is 59.5 Å². The topological polar surface area (TPSA) is 153 Å². The number of alkyl halides is 1. The van der Waals surface area contributed by atoms with Gasteiger partial charge in [-0.1, -0.05) is 30.3 Å². The number of carbonyl (C=O) groups excluding carboxylic acids is 4. The molecule has 3 aromatic rings. The highest BCUT2D eigenvalue weighted by molar-refractivity contribution is 6.12. The molecule has 3 aliphatic rings. The van der Waals surface area contributed by atoms with Crippen molar-refractivity contribution in [1.29, 1.82) is 0 Å². The van der Waals surface area contributed by atoms with Crippen LogP contribution in [0.3, 0.4) is 0 Å². The average molecular weight is 795 g/mol. The Kier molecular flexibility index (Phi) is 14.5. The van der Waals surface area contributed by atoms with Crippen LogP contribution in [0.15, 0.2) is 66.9 Å². The van der Waals surface area contributed by atoms with Crippen molar-refractivity contribution in [3.63, 3.8) is 0 Å². The van der Waals surface area contributed by atoms with Crippen molar-refractivity contribution in [3.05, 3.63) is 89.9 Å². The molecule has 2 aromatic carbocycles. The summed E-state index contributed by atoms with van der Waals surface area (Å²) in [6.45, 7) is 3.69. The SMILES string of the molecule is C[C@@H](CNC(=O)OCCOCCN1C(=O)C=CC1=O)NC(=O)C(C[C@@H]1CNC[C@@H]1F)C(c1nc(-c2cc(F)ccc2F)cn1Cc1ccccc1)C1CCOCC1. The summed E-state index contributed by atoms with van der Waals surface area (Å²) in [7, 11) is 0. The fraction of sp³-hybridized carbons (Fsp3) is 0.488. The van der Waals surface area contributed by atoms with Crippen LogP contribution < -0.4 is 16.0 Å². The number of benzene rings is 2. The summed E-state index contributed by atoms with van der Waals surface area (Å²) < 4.78 is 63.2. The number of amides is 4. The number of nitrogens with zero attached hydrogens (tertiary/aromatic N) is 3. The second-order valence-corrected chi connectivity index (χ2v) is 14.7. The van der Waals surface area contributed by atoms with Crippen LogP contribution in [0.25, 0.3) is 11.3 Å². The second-order valence-electron chi connectivity index (χ2n) is 14.7. The molecular weight excluding hydrogens is 745 g/mol. The van der Waals surface area contributed by atoms with E-state index in [-0.39, 0.29) is 69.0 Å². The van der Waals surface area contributed by atoms with E-state index in [1.165, 1.54) is 12.2 Å².